The van der Waals surface area contributed by atoms with E-state index in [2.05, 4.69) is 4.28 Å². The van der Waals surface area contributed by atoms with E-state index in [1.807, 2.05) is 37.3 Å². The number of carbonyl (C=O) groups is 2. The van der Waals surface area contributed by atoms with Gasteiger partial charge in [0.2, 0.25) is 5.91 Å². The number of nitrogens with two attached hydrogens (primary N) is 1. The van der Waals surface area contributed by atoms with Crippen LogP contribution in [0.2, 0.25) is 0 Å². The first-order valence-corrected chi connectivity index (χ1v) is 10.7. The van der Waals surface area contributed by atoms with Crippen molar-refractivity contribution in [1.29, 1.82) is 0 Å². The van der Waals surface area contributed by atoms with Crippen LogP contribution in [0.1, 0.15) is 35.0 Å². The molecule has 2 aliphatic heterocycles. The van der Waals surface area contributed by atoms with Crippen LogP contribution in [0.4, 0.5) is 4.79 Å². The summed E-state index contributed by atoms with van der Waals surface area (Å²) in [7, 11) is -4.91. The Hall–Kier alpha value is -2.47. The fraction of sp³-hybridized carbons (Fsp3) is 0.294. The van der Waals surface area contributed by atoms with Gasteiger partial charge in [-0.25, -0.2) is 4.79 Å². The van der Waals surface area contributed by atoms with Gasteiger partial charge in [0.05, 0.1) is 6.54 Å². The first-order valence-electron chi connectivity index (χ1n) is 8.49. The van der Waals surface area contributed by atoms with Gasteiger partial charge in [0.1, 0.15) is 12.1 Å². The molecule has 1 aromatic carbocycles. The van der Waals surface area contributed by atoms with Crippen LogP contribution < -0.4 is 5.73 Å². The number of rotatable bonds is 5. The summed E-state index contributed by atoms with van der Waals surface area (Å²) in [6.45, 7) is 2.06. The van der Waals surface area contributed by atoms with E-state index < -0.39 is 34.4 Å². The molecule has 2 aromatic rings. The summed E-state index contributed by atoms with van der Waals surface area (Å²) in [5.41, 5.74) is 8.24. The number of thiophene rings is 1. The molecule has 0 unspecified atom stereocenters. The molecule has 3 N–H and O–H groups in total. The molecule has 11 heteroatoms. The standard InChI is InChI=1S/C17H17N3O6S2/c1-2-9-5-3-4-6-10(9)13-7-11-12-8-19(14(16(18)21)15(11)27-13)17(22)20(12)26-28(23,24)25/h3-7,12,14H,2,8H2,1H3,(H2,18,21)(H,23,24,25)/t12-,14-/m0/s1. The van der Waals surface area contributed by atoms with Crippen molar-refractivity contribution in [3.8, 4) is 10.4 Å². The van der Waals surface area contributed by atoms with E-state index in [0.29, 0.717) is 15.5 Å². The van der Waals surface area contributed by atoms with Crippen molar-refractivity contribution in [2.75, 3.05) is 6.54 Å². The van der Waals surface area contributed by atoms with Crippen molar-refractivity contribution < 1.29 is 26.8 Å². The Morgan fingerprint density at radius 2 is 2.11 bits per heavy atom. The molecule has 9 nitrogen and oxygen atoms in total. The maximum atomic E-state index is 12.5. The molecule has 148 valence electrons. The largest absolute Gasteiger partial charge is 0.418 e. The molecule has 2 atom stereocenters. The lowest BCUT2D eigenvalue weighted by Crippen LogP contribution is -2.41. The number of benzene rings is 1. The third-order valence-corrected chi connectivity index (χ3v) is 6.49. The first-order chi connectivity index (χ1) is 13.2. The summed E-state index contributed by atoms with van der Waals surface area (Å²) in [5.74, 6) is -0.723. The van der Waals surface area contributed by atoms with Crippen LogP contribution in [0.5, 0.6) is 0 Å². The number of fused-ring (bicyclic) bond motifs is 4. The van der Waals surface area contributed by atoms with Crippen molar-refractivity contribution in [3.05, 3.63) is 46.3 Å². The zero-order chi connectivity index (χ0) is 20.2. The summed E-state index contributed by atoms with van der Waals surface area (Å²) < 4.78 is 35.9. The van der Waals surface area contributed by atoms with Crippen LogP contribution in [-0.4, -0.2) is 41.4 Å². The Morgan fingerprint density at radius 3 is 2.75 bits per heavy atom. The van der Waals surface area contributed by atoms with Crippen molar-refractivity contribution in [2.24, 2.45) is 5.73 Å². The lowest BCUT2D eigenvalue weighted by Gasteiger charge is -2.27. The highest BCUT2D eigenvalue weighted by atomic mass is 32.3. The molecular weight excluding hydrogens is 406 g/mol. The fourth-order valence-corrected chi connectivity index (χ4v) is 5.51. The minimum Gasteiger partial charge on any atom is -0.368 e. The molecule has 2 aliphatic rings. The minimum absolute atomic E-state index is 0.0283. The van der Waals surface area contributed by atoms with E-state index in [0.717, 1.165) is 27.3 Å². The van der Waals surface area contributed by atoms with Gasteiger partial charge in [-0.05, 0) is 29.2 Å². The van der Waals surface area contributed by atoms with Gasteiger partial charge in [-0.3, -0.25) is 9.35 Å². The van der Waals surface area contributed by atoms with Crippen LogP contribution in [0.25, 0.3) is 10.4 Å². The van der Waals surface area contributed by atoms with E-state index in [4.69, 9.17) is 10.3 Å². The lowest BCUT2D eigenvalue weighted by molar-refractivity contribution is -0.122. The van der Waals surface area contributed by atoms with E-state index in [9.17, 15) is 18.0 Å². The molecule has 4 rings (SSSR count). The second kappa shape index (κ2) is 6.55. The molecule has 1 fully saturated rings. The summed E-state index contributed by atoms with van der Waals surface area (Å²) in [4.78, 5) is 27.3. The van der Waals surface area contributed by atoms with Crippen LogP contribution in [0, 0.1) is 0 Å². The highest BCUT2D eigenvalue weighted by Gasteiger charge is 2.52. The molecule has 28 heavy (non-hydrogen) atoms. The van der Waals surface area contributed by atoms with Crippen LogP contribution >= 0.6 is 11.3 Å². The van der Waals surface area contributed by atoms with Gasteiger partial charge < -0.3 is 10.6 Å². The molecule has 1 saturated heterocycles. The second-order valence-corrected chi connectivity index (χ2v) is 8.61. The molecular formula is C17H17N3O6S2. The molecule has 3 amide bonds. The molecule has 3 heterocycles. The molecule has 0 saturated carbocycles. The highest BCUT2D eigenvalue weighted by Crippen LogP contribution is 2.49. The quantitative estimate of drug-likeness (QED) is 0.708. The van der Waals surface area contributed by atoms with Gasteiger partial charge in [-0.2, -0.15) is 13.5 Å². The summed E-state index contributed by atoms with van der Waals surface area (Å²) >= 11 is 1.34. The molecule has 1 aromatic heterocycles. The van der Waals surface area contributed by atoms with Crippen LogP contribution in [0.15, 0.2) is 30.3 Å². The van der Waals surface area contributed by atoms with Crippen molar-refractivity contribution in [3.63, 3.8) is 0 Å². The number of hydrogen-bond acceptors (Lipinski definition) is 6. The smallest absolute Gasteiger partial charge is 0.368 e. The summed E-state index contributed by atoms with van der Waals surface area (Å²) in [6.07, 6.45) is 0.810. The molecule has 2 bridgehead atoms. The monoisotopic (exact) mass is 423 g/mol. The normalized spacial score (nSPS) is 21.1. The van der Waals surface area contributed by atoms with Crippen LogP contribution in [-0.2, 0) is 25.9 Å². The lowest BCUT2D eigenvalue weighted by atomic mass is 9.97. The average molecular weight is 423 g/mol. The van der Waals surface area contributed by atoms with Gasteiger partial charge in [0.15, 0.2) is 0 Å². The minimum atomic E-state index is -4.91. The van der Waals surface area contributed by atoms with E-state index in [1.54, 1.807) is 0 Å². The van der Waals surface area contributed by atoms with Crippen molar-refractivity contribution in [2.45, 2.75) is 25.4 Å². The number of hydrogen-bond donors (Lipinski definition) is 2. The molecule has 0 spiro atoms. The first kappa shape index (κ1) is 18.9. The van der Waals surface area contributed by atoms with E-state index >= 15 is 0 Å². The Bertz CT molecular complexity index is 1080. The highest BCUT2D eigenvalue weighted by molar-refractivity contribution is 7.80. The third-order valence-electron chi connectivity index (χ3n) is 4.90. The topological polar surface area (TPSA) is 130 Å². The Balaban J connectivity index is 1.85. The Kier molecular flexibility index (Phi) is 4.42. The molecule has 0 aliphatic carbocycles. The maximum Gasteiger partial charge on any atom is 0.418 e. The van der Waals surface area contributed by atoms with Gasteiger partial charge >= 0.3 is 16.4 Å². The third kappa shape index (κ3) is 2.96. The van der Waals surface area contributed by atoms with E-state index in [1.165, 1.54) is 11.3 Å². The number of primary amides is 1. The second-order valence-electron chi connectivity index (χ2n) is 6.52. The summed E-state index contributed by atoms with van der Waals surface area (Å²) in [6, 6.07) is 7.00. The zero-order valence-corrected chi connectivity index (χ0v) is 16.4. The van der Waals surface area contributed by atoms with E-state index in [-0.39, 0.29) is 6.54 Å². The average Bonchev–Trinajstić information content (AvgIpc) is 3.17. The van der Waals surface area contributed by atoms with Crippen molar-refractivity contribution in [1.82, 2.24) is 9.96 Å². The maximum absolute atomic E-state index is 12.5. The van der Waals surface area contributed by atoms with Gasteiger partial charge in [0.25, 0.3) is 0 Å². The van der Waals surface area contributed by atoms with Gasteiger partial charge in [-0.1, -0.05) is 31.2 Å². The SMILES string of the molecule is CCc1ccccc1-c1cc2c(s1)[C@@H](C(N)=O)N1C[C@@H]2N(OS(=O)(=O)O)C1=O. The fourth-order valence-electron chi connectivity index (χ4n) is 3.74. The molecule has 0 radical (unpaired) electrons. The number of aryl methyl sites for hydroxylation is 1. The number of hydroxylamine groups is 2. The Labute approximate surface area is 165 Å². The predicted molar refractivity (Wildman–Crippen MR) is 100 cm³/mol. The van der Waals surface area contributed by atoms with Crippen LogP contribution in [0.3, 0.4) is 0 Å². The zero-order valence-electron chi connectivity index (χ0n) is 14.7. The van der Waals surface area contributed by atoms with Gasteiger partial charge in [-0.15, -0.1) is 15.6 Å². The number of carbonyl (C=O) groups excluding carboxylic acids is 2. The Morgan fingerprint density at radius 1 is 1.39 bits per heavy atom. The number of nitrogens with zero attached hydrogens (tertiary/aromatic N) is 2. The predicted octanol–water partition coefficient (Wildman–Crippen LogP) is 2.03. The number of urea groups is 1. The number of amides is 3. The van der Waals surface area contributed by atoms with Gasteiger partial charge in [0, 0.05) is 9.75 Å². The summed E-state index contributed by atoms with van der Waals surface area (Å²) in [5, 5.41) is 0.583. The van der Waals surface area contributed by atoms with Crippen molar-refractivity contribution >= 4 is 33.7 Å².